The topological polar surface area (TPSA) is 98.2 Å². The van der Waals surface area contributed by atoms with Gasteiger partial charge in [0, 0.05) is 12.5 Å². The second-order valence-corrected chi connectivity index (χ2v) is 3.97. The fourth-order valence-electron chi connectivity index (χ4n) is 1.50. The molecule has 0 spiro atoms. The molecule has 5 nitrogen and oxygen atoms in total. The van der Waals surface area contributed by atoms with Gasteiger partial charge in [-0.15, -0.1) is 0 Å². The first-order chi connectivity index (χ1) is 8.00. The van der Waals surface area contributed by atoms with E-state index >= 15 is 0 Å². The van der Waals surface area contributed by atoms with Crippen LogP contribution < -0.4 is 16.8 Å². The first-order valence-corrected chi connectivity index (χ1v) is 5.40. The van der Waals surface area contributed by atoms with Crippen molar-refractivity contribution in [1.82, 2.24) is 5.32 Å². The highest BCUT2D eigenvalue weighted by Gasteiger charge is 2.17. The van der Waals surface area contributed by atoms with Crippen molar-refractivity contribution >= 4 is 11.8 Å². The molecule has 1 aromatic carbocycles. The Kier molecular flexibility index (Phi) is 4.66. The third-order valence-electron chi connectivity index (χ3n) is 2.34. The van der Waals surface area contributed by atoms with Gasteiger partial charge in [-0.05, 0) is 12.5 Å². The fraction of sp³-hybridized carbons (Fsp3) is 0.333. The first-order valence-electron chi connectivity index (χ1n) is 5.40. The molecular formula is C12H17N3O2. The number of amides is 2. The molecule has 5 N–H and O–H groups in total. The van der Waals surface area contributed by atoms with Crippen LogP contribution >= 0.6 is 0 Å². The lowest BCUT2D eigenvalue weighted by Crippen LogP contribution is -2.41. The number of carbonyl (C=O) groups excluding carboxylic acids is 2. The SMILES string of the molecule is CC(CC(N)=O)NC(=O)[C@@H](N)c1ccccc1. The molecule has 17 heavy (non-hydrogen) atoms. The molecule has 0 aromatic heterocycles. The summed E-state index contributed by atoms with van der Waals surface area (Å²) in [6.45, 7) is 1.71. The molecule has 0 fully saturated rings. The van der Waals surface area contributed by atoms with Crippen molar-refractivity contribution in [3.8, 4) is 0 Å². The maximum Gasteiger partial charge on any atom is 0.241 e. The average molecular weight is 235 g/mol. The molecular weight excluding hydrogens is 218 g/mol. The molecule has 0 aliphatic carbocycles. The molecule has 0 heterocycles. The Balaban J connectivity index is 2.56. The second kappa shape index (κ2) is 6.00. The van der Waals surface area contributed by atoms with Crippen molar-refractivity contribution in [2.24, 2.45) is 11.5 Å². The van der Waals surface area contributed by atoms with E-state index in [9.17, 15) is 9.59 Å². The molecule has 0 aliphatic heterocycles. The van der Waals surface area contributed by atoms with Crippen LogP contribution in [0.3, 0.4) is 0 Å². The summed E-state index contributed by atoms with van der Waals surface area (Å²) in [5.74, 6) is -0.768. The number of carbonyl (C=O) groups is 2. The molecule has 5 heteroatoms. The summed E-state index contributed by atoms with van der Waals surface area (Å²) in [7, 11) is 0. The molecule has 1 unspecified atom stereocenters. The van der Waals surface area contributed by atoms with E-state index < -0.39 is 11.9 Å². The van der Waals surface area contributed by atoms with Gasteiger partial charge in [0.15, 0.2) is 0 Å². The molecule has 1 rings (SSSR count). The number of nitrogens with one attached hydrogen (secondary N) is 1. The zero-order valence-electron chi connectivity index (χ0n) is 9.72. The van der Waals surface area contributed by atoms with Gasteiger partial charge in [-0.3, -0.25) is 9.59 Å². The van der Waals surface area contributed by atoms with Crippen LogP contribution in [0.25, 0.3) is 0 Å². The minimum atomic E-state index is -0.730. The van der Waals surface area contributed by atoms with E-state index in [4.69, 9.17) is 11.5 Å². The Morgan fingerprint density at radius 1 is 1.29 bits per heavy atom. The van der Waals surface area contributed by atoms with Crippen LogP contribution in [-0.4, -0.2) is 17.9 Å². The highest BCUT2D eigenvalue weighted by Crippen LogP contribution is 2.09. The predicted molar refractivity (Wildman–Crippen MR) is 64.8 cm³/mol. The van der Waals surface area contributed by atoms with E-state index in [0.29, 0.717) is 0 Å². The fourth-order valence-corrected chi connectivity index (χ4v) is 1.50. The minimum absolute atomic E-state index is 0.104. The van der Waals surface area contributed by atoms with Crippen LogP contribution in [0.2, 0.25) is 0 Å². The summed E-state index contributed by atoms with van der Waals surface area (Å²) >= 11 is 0. The zero-order chi connectivity index (χ0) is 12.8. The summed E-state index contributed by atoms with van der Waals surface area (Å²) in [5, 5.41) is 2.64. The van der Waals surface area contributed by atoms with Crippen LogP contribution in [0.5, 0.6) is 0 Å². The third-order valence-corrected chi connectivity index (χ3v) is 2.34. The van der Waals surface area contributed by atoms with E-state index in [1.165, 1.54) is 0 Å². The van der Waals surface area contributed by atoms with Crippen molar-refractivity contribution in [1.29, 1.82) is 0 Å². The lowest BCUT2D eigenvalue weighted by molar-refractivity contribution is -0.123. The summed E-state index contributed by atoms with van der Waals surface area (Å²) < 4.78 is 0. The number of benzene rings is 1. The van der Waals surface area contributed by atoms with Gasteiger partial charge in [-0.2, -0.15) is 0 Å². The number of hydrogen-bond acceptors (Lipinski definition) is 3. The van der Waals surface area contributed by atoms with Crippen LogP contribution in [0.15, 0.2) is 30.3 Å². The molecule has 92 valence electrons. The standard InChI is InChI=1S/C12H17N3O2/c1-8(7-10(13)16)15-12(17)11(14)9-5-3-2-4-6-9/h2-6,8,11H,7,14H2,1H3,(H2,13,16)(H,15,17)/t8?,11-/m0/s1. The zero-order valence-corrected chi connectivity index (χ0v) is 9.72. The van der Waals surface area contributed by atoms with Gasteiger partial charge in [-0.1, -0.05) is 30.3 Å². The van der Waals surface area contributed by atoms with Crippen LogP contribution in [0.4, 0.5) is 0 Å². The third kappa shape index (κ3) is 4.24. The number of nitrogens with two attached hydrogens (primary N) is 2. The van der Waals surface area contributed by atoms with E-state index in [-0.39, 0.29) is 18.4 Å². The van der Waals surface area contributed by atoms with Gasteiger partial charge >= 0.3 is 0 Å². The minimum Gasteiger partial charge on any atom is -0.370 e. The molecule has 0 saturated heterocycles. The van der Waals surface area contributed by atoms with Gasteiger partial charge in [0.25, 0.3) is 0 Å². The Labute approximate surface area is 100 Å². The number of primary amides is 1. The highest BCUT2D eigenvalue weighted by atomic mass is 16.2. The summed E-state index contributed by atoms with van der Waals surface area (Å²) in [5.41, 5.74) is 11.6. The summed E-state index contributed by atoms with van der Waals surface area (Å²) in [6.07, 6.45) is 0.104. The van der Waals surface area contributed by atoms with Gasteiger partial charge in [0.2, 0.25) is 11.8 Å². The van der Waals surface area contributed by atoms with Gasteiger partial charge in [0.05, 0.1) is 0 Å². The summed E-state index contributed by atoms with van der Waals surface area (Å²) in [4.78, 5) is 22.4. The second-order valence-electron chi connectivity index (χ2n) is 3.97. The molecule has 2 atom stereocenters. The lowest BCUT2D eigenvalue weighted by Gasteiger charge is -2.16. The van der Waals surface area contributed by atoms with Crippen molar-refractivity contribution in [3.05, 3.63) is 35.9 Å². The molecule has 0 radical (unpaired) electrons. The van der Waals surface area contributed by atoms with Crippen LogP contribution in [-0.2, 0) is 9.59 Å². The van der Waals surface area contributed by atoms with E-state index in [2.05, 4.69) is 5.32 Å². The monoisotopic (exact) mass is 235 g/mol. The Hall–Kier alpha value is -1.88. The maximum atomic E-state index is 11.7. The van der Waals surface area contributed by atoms with E-state index in [0.717, 1.165) is 5.56 Å². The molecule has 1 aromatic rings. The van der Waals surface area contributed by atoms with Gasteiger partial charge in [-0.25, -0.2) is 0 Å². The molecule has 0 aliphatic rings. The molecule has 0 saturated carbocycles. The number of rotatable bonds is 5. The van der Waals surface area contributed by atoms with Crippen molar-refractivity contribution in [2.45, 2.75) is 25.4 Å². The van der Waals surface area contributed by atoms with E-state index in [1.54, 1.807) is 19.1 Å². The van der Waals surface area contributed by atoms with E-state index in [1.807, 2.05) is 18.2 Å². The van der Waals surface area contributed by atoms with Crippen molar-refractivity contribution in [3.63, 3.8) is 0 Å². The lowest BCUT2D eigenvalue weighted by atomic mass is 10.1. The normalized spacial score (nSPS) is 13.8. The Morgan fingerprint density at radius 3 is 2.41 bits per heavy atom. The van der Waals surface area contributed by atoms with Crippen LogP contribution in [0.1, 0.15) is 24.9 Å². The van der Waals surface area contributed by atoms with Crippen molar-refractivity contribution in [2.75, 3.05) is 0 Å². The Morgan fingerprint density at radius 2 is 1.88 bits per heavy atom. The highest BCUT2D eigenvalue weighted by molar-refractivity contribution is 5.84. The predicted octanol–water partition coefficient (Wildman–Crippen LogP) is 0.0665. The molecule has 2 amide bonds. The number of hydrogen-bond donors (Lipinski definition) is 3. The quantitative estimate of drug-likeness (QED) is 0.673. The molecule has 0 bridgehead atoms. The van der Waals surface area contributed by atoms with Gasteiger partial charge in [0.1, 0.15) is 6.04 Å². The maximum absolute atomic E-state index is 11.7. The van der Waals surface area contributed by atoms with Gasteiger partial charge < -0.3 is 16.8 Å². The smallest absolute Gasteiger partial charge is 0.241 e. The van der Waals surface area contributed by atoms with Crippen LogP contribution in [0, 0.1) is 0 Å². The first kappa shape index (κ1) is 13.2. The Bertz CT molecular complexity index is 392. The average Bonchev–Trinajstić information content (AvgIpc) is 2.28. The largest absolute Gasteiger partial charge is 0.370 e. The summed E-state index contributed by atoms with van der Waals surface area (Å²) in [6, 6.07) is 8.00. The van der Waals surface area contributed by atoms with Crippen molar-refractivity contribution < 1.29 is 9.59 Å².